The Balaban J connectivity index is 2.19. The molecule has 2 N–H and O–H groups in total. The minimum atomic E-state index is 0.214. The number of likely N-dealkylation sites (N-methyl/N-ethyl adjacent to an activating group) is 1. The van der Waals surface area contributed by atoms with E-state index in [1.807, 2.05) is 0 Å². The molecule has 1 heterocycles. The van der Waals surface area contributed by atoms with Gasteiger partial charge in [0.2, 0.25) is 0 Å². The number of hydrogen-bond donors (Lipinski definition) is 2. The van der Waals surface area contributed by atoms with Crippen molar-refractivity contribution in [1.29, 1.82) is 0 Å². The van der Waals surface area contributed by atoms with Crippen molar-refractivity contribution in [3.63, 3.8) is 0 Å². The standard InChI is InChI=1S/C16H35N3O/c1-5-17-9-12-20-13-11-19-10-7-6-8-15(19)14-18-16(2,3)4/h15,17-18H,5-14H2,1-4H3. The Morgan fingerprint density at radius 1 is 1.20 bits per heavy atom. The van der Waals surface area contributed by atoms with Crippen molar-refractivity contribution in [3.8, 4) is 0 Å². The van der Waals surface area contributed by atoms with E-state index >= 15 is 0 Å². The summed E-state index contributed by atoms with van der Waals surface area (Å²) < 4.78 is 5.71. The summed E-state index contributed by atoms with van der Waals surface area (Å²) in [6.45, 7) is 15.9. The molecule has 0 amide bonds. The normalized spacial score (nSPS) is 21.3. The first-order valence-corrected chi connectivity index (χ1v) is 8.30. The molecule has 0 aromatic heterocycles. The van der Waals surface area contributed by atoms with Crippen LogP contribution in [0, 0.1) is 0 Å². The maximum Gasteiger partial charge on any atom is 0.0594 e. The second-order valence-corrected chi connectivity index (χ2v) is 6.78. The van der Waals surface area contributed by atoms with Crippen molar-refractivity contribution in [2.24, 2.45) is 0 Å². The predicted octanol–water partition coefficient (Wildman–Crippen LogP) is 1.86. The highest BCUT2D eigenvalue weighted by atomic mass is 16.5. The maximum atomic E-state index is 5.71. The van der Waals surface area contributed by atoms with Crippen molar-refractivity contribution in [2.45, 2.75) is 58.5 Å². The third-order valence-corrected chi connectivity index (χ3v) is 3.81. The van der Waals surface area contributed by atoms with Gasteiger partial charge in [0.1, 0.15) is 0 Å². The molecule has 1 atom stereocenters. The zero-order chi connectivity index (χ0) is 14.8. The van der Waals surface area contributed by atoms with Crippen LogP contribution in [0.1, 0.15) is 47.0 Å². The Labute approximate surface area is 125 Å². The molecule has 0 aliphatic carbocycles. The molecule has 0 radical (unpaired) electrons. The van der Waals surface area contributed by atoms with Gasteiger partial charge < -0.3 is 15.4 Å². The SMILES string of the molecule is CCNCCOCCN1CCCCC1CNC(C)(C)C. The summed E-state index contributed by atoms with van der Waals surface area (Å²) in [7, 11) is 0. The molecule has 0 aromatic carbocycles. The number of piperidine rings is 1. The average Bonchev–Trinajstić information content (AvgIpc) is 2.40. The lowest BCUT2D eigenvalue weighted by atomic mass is 10.0. The van der Waals surface area contributed by atoms with Crippen molar-refractivity contribution >= 4 is 0 Å². The minimum absolute atomic E-state index is 0.214. The van der Waals surface area contributed by atoms with E-state index in [1.165, 1.54) is 25.8 Å². The molecule has 4 nitrogen and oxygen atoms in total. The van der Waals surface area contributed by atoms with Crippen LogP contribution in [0.4, 0.5) is 0 Å². The average molecular weight is 285 g/mol. The molecule has 1 unspecified atom stereocenters. The predicted molar refractivity (Wildman–Crippen MR) is 86.3 cm³/mol. The van der Waals surface area contributed by atoms with Crippen LogP contribution in [-0.2, 0) is 4.74 Å². The summed E-state index contributed by atoms with van der Waals surface area (Å²) in [5.41, 5.74) is 0.214. The van der Waals surface area contributed by atoms with E-state index in [0.717, 1.165) is 39.4 Å². The Morgan fingerprint density at radius 3 is 2.70 bits per heavy atom. The van der Waals surface area contributed by atoms with E-state index in [4.69, 9.17) is 4.74 Å². The first-order chi connectivity index (χ1) is 9.53. The Hall–Kier alpha value is -0.160. The van der Waals surface area contributed by atoms with Crippen LogP contribution in [0.2, 0.25) is 0 Å². The fourth-order valence-corrected chi connectivity index (χ4v) is 2.61. The van der Waals surface area contributed by atoms with Gasteiger partial charge in [-0.25, -0.2) is 0 Å². The highest BCUT2D eigenvalue weighted by Gasteiger charge is 2.23. The summed E-state index contributed by atoms with van der Waals surface area (Å²) in [6, 6.07) is 0.681. The summed E-state index contributed by atoms with van der Waals surface area (Å²) in [5, 5.41) is 6.93. The van der Waals surface area contributed by atoms with Crippen LogP contribution in [0.25, 0.3) is 0 Å². The van der Waals surface area contributed by atoms with Crippen LogP contribution >= 0.6 is 0 Å². The smallest absolute Gasteiger partial charge is 0.0594 e. The molecule has 0 bridgehead atoms. The molecule has 0 aromatic rings. The van der Waals surface area contributed by atoms with Gasteiger partial charge in [0, 0.05) is 31.2 Å². The van der Waals surface area contributed by atoms with Crippen LogP contribution < -0.4 is 10.6 Å². The lowest BCUT2D eigenvalue weighted by molar-refractivity contribution is 0.0707. The number of rotatable bonds is 9. The summed E-state index contributed by atoms with van der Waals surface area (Å²) in [4.78, 5) is 2.61. The monoisotopic (exact) mass is 285 g/mol. The molecule has 0 spiro atoms. The van der Waals surface area contributed by atoms with Crippen molar-refractivity contribution in [3.05, 3.63) is 0 Å². The van der Waals surface area contributed by atoms with Crippen LogP contribution in [-0.4, -0.2) is 62.4 Å². The molecule has 4 heteroatoms. The van der Waals surface area contributed by atoms with Crippen LogP contribution in [0.3, 0.4) is 0 Å². The topological polar surface area (TPSA) is 36.5 Å². The highest BCUT2D eigenvalue weighted by Crippen LogP contribution is 2.16. The summed E-state index contributed by atoms with van der Waals surface area (Å²) in [6.07, 6.45) is 4.03. The molecule has 1 saturated heterocycles. The Morgan fingerprint density at radius 2 is 2.00 bits per heavy atom. The van der Waals surface area contributed by atoms with E-state index in [2.05, 4.69) is 43.2 Å². The molecular formula is C16H35N3O. The van der Waals surface area contributed by atoms with Crippen LogP contribution in [0.5, 0.6) is 0 Å². The zero-order valence-electron chi connectivity index (χ0n) is 14.0. The largest absolute Gasteiger partial charge is 0.379 e. The number of likely N-dealkylation sites (tertiary alicyclic amines) is 1. The molecule has 1 fully saturated rings. The first-order valence-electron chi connectivity index (χ1n) is 8.30. The van der Waals surface area contributed by atoms with Gasteiger partial charge in [-0.1, -0.05) is 13.3 Å². The maximum absolute atomic E-state index is 5.71. The van der Waals surface area contributed by atoms with Gasteiger partial charge in [0.05, 0.1) is 13.2 Å². The molecule has 120 valence electrons. The number of ether oxygens (including phenoxy) is 1. The number of nitrogens with one attached hydrogen (secondary N) is 2. The summed E-state index contributed by atoms with van der Waals surface area (Å²) >= 11 is 0. The second-order valence-electron chi connectivity index (χ2n) is 6.78. The van der Waals surface area contributed by atoms with Gasteiger partial charge in [0.25, 0.3) is 0 Å². The zero-order valence-corrected chi connectivity index (χ0v) is 14.0. The molecule has 1 aliphatic rings. The van der Waals surface area contributed by atoms with Crippen molar-refractivity contribution in [1.82, 2.24) is 15.5 Å². The van der Waals surface area contributed by atoms with Crippen molar-refractivity contribution < 1.29 is 4.74 Å². The van der Waals surface area contributed by atoms with E-state index in [-0.39, 0.29) is 5.54 Å². The van der Waals surface area contributed by atoms with E-state index in [0.29, 0.717) is 6.04 Å². The Bertz CT molecular complexity index is 240. The van der Waals surface area contributed by atoms with Gasteiger partial charge in [-0.05, 0) is 46.7 Å². The molecule has 1 rings (SSSR count). The van der Waals surface area contributed by atoms with Gasteiger partial charge in [0.15, 0.2) is 0 Å². The molecule has 0 saturated carbocycles. The van der Waals surface area contributed by atoms with E-state index in [9.17, 15) is 0 Å². The third kappa shape index (κ3) is 8.20. The quantitative estimate of drug-likeness (QED) is 0.634. The molecule has 1 aliphatic heterocycles. The van der Waals surface area contributed by atoms with Crippen LogP contribution in [0.15, 0.2) is 0 Å². The summed E-state index contributed by atoms with van der Waals surface area (Å²) in [5.74, 6) is 0. The fraction of sp³-hybridized carbons (Fsp3) is 1.00. The van der Waals surface area contributed by atoms with E-state index in [1.54, 1.807) is 0 Å². The minimum Gasteiger partial charge on any atom is -0.379 e. The second kappa shape index (κ2) is 9.72. The molecule has 20 heavy (non-hydrogen) atoms. The van der Waals surface area contributed by atoms with Gasteiger partial charge in [-0.2, -0.15) is 0 Å². The van der Waals surface area contributed by atoms with Gasteiger partial charge in [-0.3, -0.25) is 4.90 Å². The lowest BCUT2D eigenvalue weighted by Gasteiger charge is -2.37. The molecular weight excluding hydrogens is 250 g/mol. The lowest BCUT2D eigenvalue weighted by Crippen LogP contribution is -2.50. The number of nitrogens with zero attached hydrogens (tertiary/aromatic N) is 1. The number of hydrogen-bond acceptors (Lipinski definition) is 4. The first kappa shape index (κ1) is 17.9. The third-order valence-electron chi connectivity index (χ3n) is 3.81. The van der Waals surface area contributed by atoms with Gasteiger partial charge in [-0.15, -0.1) is 0 Å². The fourth-order valence-electron chi connectivity index (χ4n) is 2.61. The Kier molecular flexibility index (Phi) is 8.69. The van der Waals surface area contributed by atoms with Gasteiger partial charge >= 0.3 is 0 Å². The van der Waals surface area contributed by atoms with Crippen molar-refractivity contribution in [2.75, 3.05) is 45.9 Å². The van der Waals surface area contributed by atoms with E-state index < -0.39 is 0 Å². The highest BCUT2D eigenvalue weighted by molar-refractivity contribution is 4.82.